The average molecular weight is 215 g/mol. The van der Waals surface area contributed by atoms with Crippen LogP contribution in [0, 0.1) is 5.92 Å². The molecule has 0 aromatic rings. The second kappa shape index (κ2) is 5.70. The smallest absolute Gasteiger partial charge is 0.303 e. The van der Waals surface area contributed by atoms with E-state index in [4.69, 9.17) is 9.84 Å². The van der Waals surface area contributed by atoms with Crippen molar-refractivity contribution < 1.29 is 19.4 Å². The zero-order valence-electron chi connectivity index (χ0n) is 8.86. The SMILES string of the molecule is CC(CNC(=O)[C@@H]1CCCO1)CC(=O)O. The first kappa shape index (κ1) is 12.0. The van der Waals surface area contributed by atoms with E-state index in [2.05, 4.69) is 5.32 Å². The minimum Gasteiger partial charge on any atom is -0.481 e. The average Bonchev–Trinajstić information content (AvgIpc) is 2.65. The summed E-state index contributed by atoms with van der Waals surface area (Å²) in [6.07, 6.45) is 1.43. The highest BCUT2D eigenvalue weighted by atomic mass is 16.5. The molecule has 1 amide bonds. The number of carbonyl (C=O) groups excluding carboxylic acids is 1. The van der Waals surface area contributed by atoms with Gasteiger partial charge < -0.3 is 15.2 Å². The van der Waals surface area contributed by atoms with Gasteiger partial charge in [-0.2, -0.15) is 0 Å². The van der Waals surface area contributed by atoms with Gasteiger partial charge in [-0.1, -0.05) is 6.92 Å². The predicted molar refractivity (Wildman–Crippen MR) is 53.4 cm³/mol. The molecule has 2 N–H and O–H groups in total. The van der Waals surface area contributed by atoms with E-state index < -0.39 is 5.97 Å². The molecule has 1 saturated heterocycles. The molecule has 86 valence electrons. The van der Waals surface area contributed by atoms with Crippen molar-refractivity contribution in [3.8, 4) is 0 Å². The Balaban J connectivity index is 2.18. The molecule has 0 aromatic carbocycles. The van der Waals surface area contributed by atoms with Gasteiger partial charge >= 0.3 is 5.97 Å². The predicted octanol–water partition coefficient (Wildman–Crippen LogP) is 0.392. The van der Waals surface area contributed by atoms with Crippen LogP contribution >= 0.6 is 0 Å². The number of hydrogen-bond donors (Lipinski definition) is 2. The fourth-order valence-electron chi connectivity index (χ4n) is 1.54. The molecule has 0 radical (unpaired) electrons. The van der Waals surface area contributed by atoms with Crippen LogP contribution in [0.1, 0.15) is 26.2 Å². The summed E-state index contributed by atoms with van der Waals surface area (Å²) in [6.45, 7) is 2.83. The summed E-state index contributed by atoms with van der Waals surface area (Å²) in [6, 6.07) is 0. The fraction of sp³-hybridized carbons (Fsp3) is 0.800. The summed E-state index contributed by atoms with van der Waals surface area (Å²) in [5.74, 6) is -1.01. The molecule has 1 rings (SSSR count). The van der Waals surface area contributed by atoms with Crippen molar-refractivity contribution in [1.82, 2.24) is 5.32 Å². The van der Waals surface area contributed by atoms with E-state index in [-0.39, 0.29) is 24.3 Å². The van der Waals surface area contributed by atoms with Crippen molar-refractivity contribution in [2.75, 3.05) is 13.2 Å². The van der Waals surface area contributed by atoms with Gasteiger partial charge in [-0.25, -0.2) is 0 Å². The van der Waals surface area contributed by atoms with Crippen LogP contribution in [0.3, 0.4) is 0 Å². The molecule has 1 fully saturated rings. The van der Waals surface area contributed by atoms with Crippen molar-refractivity contribution in [1.29, 1.82) is 0 Å². The molecule has 1 aliphatic heterocycles. The van der Waals surface area contributed by atoms with Crippen LogP contribution in [0.25, 0.3) is 0 Å². The number of amides is 1. The van der Waals surface area contributed by atoms with Crippen LogP contribution in [0.4, 0.5) is 0 Å². The lowest BCUT2D eigenvalue weighted by molar-refractivity contribution is -0.138. The number of hydrogen-bond acceptors (Lipinski definition) is 3. The van der Waals surface area contributed by atoms with Crippen LogP contribution in [0.2, 0.25) is 0 Å². The Morgan fingerprint density at radius 2 is 2.33 bits per heavy atom. The third kappa shape index (κ3) is 4.29. The van der Waals surface area contributed by atoms with E-state index in [1.165, 1.54) is 0 Å². The number of carbonyl (C=O) groups is 2. The van der Waals surface area contributed by atoms with Crippen molar-refractivity contribution in [3.63, 3.8) is 0 Å². The van der Waals surface area contributed by atoms with Gasteiger partial charge in [0.1, 0.15) is 6.10 Å². The van der Waals surface area contributed by atoms with Crippen LogP contribution < -0.4 is 5.32 Å². The molecule has 0 bridgehead atoms. The van der Waals surface area contributed by atoms with Crippen molar-refractivity contribution in [2.45, 2.75) is 32.3 Å². The van der Waals surface area contributed by atoms with Gasteiger partial charge in [0.2, 0.25) is 5.91 Å². The molecule has 0 saturated carbocycles. The molecule has 5 nitrogen and oxygen atoms in total. The van der Waals surface area contributed by atoms with Crippen LogP contribution in [0.15, 0.2) is 0 Å². The van der Waals surface area contributed by atoms with Gasteiger partial charge in [-0.3, -0.25) is 9.59 Å². The lowest BCUT2D eigenvalue weighted by Gasteiger charge is -2.13. The molecular formula is C10H17NO4. The van der Waals surface area contributed by atoms with Gasteiger partial charge in [-0.05, 0) is 18.8 Å². The van der Waals surface area contributed by atoms with E-state index in [1.54, 1.807) is 6.92 Å². The Labute approximate surface area is 88.8 Å². The minimum absolute atomic E-state index is 0.0483. The van der Waals surface area contributed by atoms with E-state index >= 15 is 0 Å². The number of carboxylic acids is 1. The monoisotopic (exact) mass is 215 g/mol. The summed E-state index contributed by atoms with van der Waals surface area (Å²) < 4.78 is 5.20. The van der Waals surface area contributed by atoms with E-state index in [9.17, 15) is 9.59 Å². The topological polar surface area (TPSA) is 75.6 Å². The Morgan fingerprint density at radius 1 is 1.60 bits per heavy atom. The lowest BCUT2D eigenvalue weighted by atomic mass is 10.1. The highest BCUT2D eigenvalue weighted by Crippen LogP contribution is 2.11. The lowest BCUT2D eigenvalue weighted by Crippen LogP contribution is -2.37. The number of rotatable bonds is 5. The molecule has 1 unspecified atom stereocenters. The molecule has 5 heteroatoms. The standard InChI is InChI=1S/C10H17NO4/c1-7(5-9(12)13)6-11-10(14)8-3-2-4-15-8/h7-8H,2-6H2,1H3,(H,11,14)(H,12,13)/t7?,8-/m0/s1. The Kier molecular flexibility index (Phi) is 4.55. The third-order valence-electron chi connectivity index (χ3n) is 2.37. The molecule has 0 aromatic heterocycles. The zero-order valence-corrected chi connectivity index (χ0v) is 8.86. The second-order valence-electron chi connectivity index (χ2n) is 3.95. The fourth-order valence-corrected chi connectivity index (χ4v) is 1.54. The largest absolute Gasteiger partial charge is 0.481 e. The van der Waals surface area contributed by atoms with E-state index in [0.717, 1.165) is 12.8 Å². The molecule has 2 atom stereocenters. The third-order valence-corrected chi connectivity index (χ3v) is 2.37. The van der Waals surface area contributed by atoms with Gasteiger partial charge in [0.25, 0.3) is 0 Å². The first-order valence-corrected chi connectivity index (χ1v) is 5.20. The maximum atomic E-state index is 11.5. The molecule has 1 aliphatic rings. The molecule has 0 aliphatic carbocycles. The first-order valence-electron chi connectivity index (χ1n) is 5.20. The highest BCUT2D eigenvalue weighted by molar-refractivity contribution is 5.81. The van der Waals surface area contributed by atoms with Crippen LogP contribution in [0.5, 0.6) is 0 Å². The Bertz CT molecular complexity index is 236. The summed E-state index contributed by atoms with van der Waals surface area (Å²) in [7, 11) is 0. The van der Waals surface area contributed by atoms with Crippen molar-refractivity contribution >= 4 is 11.9 Å². The highest BCUT2D eigenvalue weighted by Gasteiger charge is 2.23. The van der Waals surface area contributed by atoms with Gasteiger partial charge in [0, 0.05) is 19.6 Å². The summed E-state index contributed by atoms with van der Waals surface area (Å²) in [5.41, 5.74) is 0. The van der Waals surface area contributed by atoms with Crippen molar-refractivity contribution in [3.05, 3.63) is 0 Å². The first-order chi connectivity index (χ1) is 7.09. The number of ether oxygens (including phenoxy) is 1. The second-order valence-corrected chi connectivity index (χ2v) is 3.95. The number of carboxylic acid groups (broad SMARTS) is 1. The van der Waals surface area contributed by atoms with E-state index in [0.29, 0.717) is 13.2 Å². The summed E-state index contributed by atoms with van der Waals surface area (Å²) >= 11 is 0. The molecule has 15 heavy (non-hydrogen) atoms. The van der Waals surface area contributed by atoms with E-state index in [1.807, 2.05) is 0 Å². The van der Waals surface area contributed by atoms with Crippen molar-refractivity contribution in [2.24, 2.45) is 5.92 Å². The summed E-state index contributed by atoms with van der Waals surface area (Å²) in [4.78, 5) is 21.8. The minimum atomic E-state index is -0.839. The molecule has 1 heterocycles. The molecular weight excluding hydrogens is 198 g/mol. The zero-order chi connectivity index (χ0) is 11.3. The normalized spacial score (nSPS) is 22.3. The van der Waals surface area contributed by atoms with Gasteiger partial charge in [-0.15, -0.1) is 0 Å². The quantitative estimate of drug-likeness (QED) is 0.695. The Morgan fingerprint density at radius 3 is 2.87 bits per heavy atom. The maximum absolute atomic E-state index is 11.5. The maximum Gasteiger partial charge on any atom is 0.303 e. The number of nitrogens with one attached hydrogen (secondary N) is 1. The van der Waals surface area contributed by atoms with Gasteiger partial charge in [0.05, 0.1) is 0 Å². The summed E-state index contributed by atoms with van der Waals surface area (Å²) in [5, 5.41) is 11.2. The van der Waals surface area contributed by atoms with Gasteiger partial charge in [0.15, 0.2) is 0 Å². The Hall–Kier alpha value is -1.10. The molecule has 0 spiro atoms. The van der Waals surface area contributed by atoms with Crippen LogP contribution in [-0.4, -0.2) is 36.2 Å². The van der Waals surface area contributed by atoms with Crippen LogP contribution in [-0.2, 0) is 14.3 Å². The number of aliphatic carboxylic acids is 1.